The van der Waals surface area contributed by atoms with Gasteiger partial charge in [0.25, 0.3) is 0 Å². The van der Waals surface area contributed by atoms with Crippen molar-refractivity contribution in [2.75, 3.05) is 0 Å². The van der Waals surface area contributed by atoms with Gasteiger partial charge in [0.2, 0.25) is 0 Å². The van der Waals surface area contributed by atoms with Crippen LogP contribution >= 0.6 is 0 Å². The molecule has 5 aromatic rings. The maximum Gasteiger partial charge on any atom is 0.167 e. The van der Waals surface area contributed by atoms with E-state index in [0.717, 1.165) is 18.4 Å². The summed E-state index contributed by atoms with van der Waals surface area (Å²) in [6.45, 7) is 3.55. The summed E-state index contributed by atoms with van der Waals surface area (Å²) in [6.07, 6.45) is 5.48. The van der Waals surface area contributed by atoms with E-state index in [-0.39, 0.29) is 57.7 Å². The topological polar surface area (TPSA) is 73.1 Å². The number of fused-ring (bicyclic) bond motifs is 1. The van der Waals surface area contributed by atoms with Crippen LogP contribution in [-0.2, 0) is 5.41 Å². The number of aromatic nitrogens is 2. The lowest BCUT2D eigenvalue weighted by Crippen LogP contribution is -2.17. The molecule has 2 heterocycles. The maximum atomic E-state index is 16.3. The van der Waals surface area contributed by atoms with Gasteiger partial charge in [-0.2, -0.15) is 0 Å². The second kappa shape index (κ2) is 9.90. The fraction of sp³-hybridized carbons (Fsp3) is 0.212. The summed E-state index contributed by atoms with van der Waals surface area (Å²) in [4.78, 5) is 35.2. The highest BCUT2D eigenvalue weighted by Gasteiger charge is 2.48. The van der Waals surface area contributed by atoms with E-state index in [4.69, 9.17) is 4.42 Å². The highest BCUT2D eigenvalue weighted by atomic mass is 19.1. The van der Waals surface area contributed by atoms with E-state index in [0.29, 0.717) is 22.5 Å². The number of halogens is 2. The zero-order chi connectivity index (χ0) is 28.0. The summed E-state index contributed by atoms with van der Waals surface area (Å²) in [5.41, 5.74) is 2.58. The van der Waals surface area contributed by atoms with E-state index in [1.54, 1.807) is 49.6 Å². The monoisotopic (exact) mass is 536 g/mol. The molecule has 0 spiro atoms. The lowest BCUT2D eigenvalue weighted by atomic mass is 9.90. The number of furan rings is 1. The van der Waals surface area contributed by atoms with Crippen molar-refractivity contribution in [2.45, 2.75) is 44.9 Å². The smallest absolute Gasteiger partial charge is 0.167 e. The van der Waals surface area contributed by atoms with Crippen molar-refractivity contribution in [3.63, 3.8) is 0 Å². The Bertz CT molecular complexity index is 1770. The molecule has 1 aliphatic carbocycles. The minimum Gasteiger partial charge on any atom is -0.455 e. The standard InChI is InChI=1S/C33H26F2N2O3/c1-3-25(38)28-29-27(40-31(28)20-7-9-22(34)10-8-20)12-11-23(30(29)35)24-17-21(6-5-19(24)2)26(39)18-33(13-14-33)32-36-15-4-16-37-32/h4-12,15-17H,3,13-14,18H2,1-2H3. The zero-order valence-corrected chi connectivity index (χ0v) is 22.1. The van der Waals surface area contributed by atoms with Gasteiger partial charge in [0.05, 0.1) is 10.9 Å². The van der Waals surface area contributed by atoms with Gasteiger partial charge in [-0.15, -0.1) is 0 Å². The minimum atomic E-state index is -0.601. The second-order valence-electron chi connectivity index (χ2n) is 10.4. The maximum absolute atomic E-state index is 16.3. The Labute approximate surface area is 229 Å². The molecule has 5 nitrogen and oxygen atoms in total. The van der Waals surface area contributed by atoms with Crippen molar-refractivity contribution in [3.05, 3.63) is 107 Å². The first-order valence-electron chi connectivity index (χ1n) is 13.3. The third-order valence-corrected chi connectivity index (χ3v) is 7.74. The fourth-order valence-electron chi connectivity index (χ4n) is 5.30. The molecule has 200 valence electrons. The summed E-state index contributed by atoms with van der Waals surface area (Å²) < 4.78 is 35.9. The number of hydrogen-bond acceptors (Lipinski definition) is 5. The van der Waals surface area contributed by atoms with Crippen LogP contribution in [-0.4, -0.2) is 21.5 Å². The molecule has 0 amide bonds. The molecule has 0 N–H and O–H groups in total. The quantitative estimate of drug-likeness (QED) is 0.188. The molecule has 1 fully saturated rings. The number of carbonyl (C=O) groups is 2. The van der Waals surface area contributed by atoms with Crippen LogP contribution in [0.3, 0.4) is 0 Å². The summed E-state index contributed by atoms with van der Waals surface area (Å²) >= 11 is 0. The Morgan fingerprint density at radius 1 is 0.925 bits per heavy atom. The Kier molecular flexibility index (Phi) is 6.37. The Morgan fingerprint density at radius 2 is 1.65 bits per heavy atom. The van der Waals surface area contributed by atoms with E-state index >= 15 is 4.39 Å². The lowest BCUT2D eigenvalue weighted by Gasteiger charge is -2.14. The highest BCUT2D eigenvalue weighted by molar-refractivity contribution is 6.13. The molecule has 2 aromatic heterocycles. The molecule has 6 rings (SSSR count). The number of aryl methyl sites for hydroxylation is 1. The normalized spacial score (nSPS) is 13.9. The molecule has 3 aromatic carbocycles. The van der Waals surface area contributed by atoms with Crippen molar-refractivity contribution < 1.29 is 22.8 Å². The number of carbonyl (C=O) groups excluding carboxylic acids is 2. The van der Waals surface area contributed by atoms with Gasteiger partial charge >= 0.3 is 0 Å². The van der Waals surface area contributed by atoms with E-state index < -0.39 is 11.6 Å². The number of ketones is 2. The van der Waals surface area contributed by atoms with Gasteiger partial charge in [0.1, 0.15) is 28.8 Å². The van der Waals surface area contributed by atoms with Crippen molar-refractivity contribution in [1.82, 2.24) is 9.97 Å². The Hall–Kier alpha value is -4.52. The third kappa shape index (κ3) is 4.41. The van der Waals surface area contributed by atoms with E-state index in [2.05, 4.69) is 9.97 Å². The van der Waals surface area contributed by atoms with Crippen LogP contribution in [0.15, 0.2) is 77.5 Å². The van der Waals surface area contributed by atoms with Crippen molar-refractivity contribution in [3.8, 4) is 22.5 Å². The molecule has 0 atom stereocenters. The first-order chi connectivity index (χ1) is 19.3. The molecule has 7 heteroatoms. The summed E-state index contributed by atoms with van der Waals surface area (Å²) in [6, 6.07) is 15.8. The molecule has 1 aliphatic rings. The van der Waals surface area contributed by atoms with E-state index in [9.17, 15) is 14.0 Å². The second-order valence-corrected chi connectivity index (χ2v) is 10.4. The summed E-state index contributed by atoms with van der Waals surface area (Å²) in [7, 11) is 0. The van der Waals surface area contributed by atoms with Crippen LogP contribution < -0.4 is 0 Å². The predicted molar refractivity (Wildman–Crippen MR) is 148 cm³/mol. The first kappa shape index (κ1) is 25.7. The van der Waals surface area contributed by atoms with Gasteiger partial charge in [0.15, 0.2) is 11.6 Å². The molecular weight excluding hydrogens is 510 g/mol. The van der Waals surface area contributed by atoms with Crippen molar-refractivity contribution in [2.24, 2.45) is 0 Å². The Balaban J connectivity index is 1.43. The van der Waals surface area contributed by atoms with E-state index in [1.165, 1.54) is 24.3 Å². The summed E-state index contributed by atoms with van der Waals surface area (Å²) in [5.74, 6) is -0.487. The molecular formula is C33H26F2N2O3. The highest BCUT2D eigenvalue weighted by Crippen LogP contribution is 2.50. The summed E-state index contributed by atoms with van der Waals surface area (Å²) in [5, 5.41) is 0.0814. The van der Waals surface area contributed by atoms with Crippen LogP contribution in [0.2, 0.25) is 0 Å². The molecule has 0 saturated heterocycles. The molecule has 0 unspecified atom stereocenters. The average molecular weight is 537 g/mol. The van der Waals surface area contributed by atoms with Crippen LogP contribution in [0, 0.1) is 18.6 Å². The van der Waals surface area contributed by atoms with Gasteiger partial charge in [-0.3, -0.25) is 9.59 Å². The molecule has 0 aliphatic heterocycles. The number of benzene rings is 3. The molecule has 0 bridgehead atoms. The number of Topliss-reactive ketones (excluding diaryl/α,β-unsaturated/α-hetero) is 2. The van der Waals surface area contributed by atoms with Crippen LogP contribution in [0.5, 0.6) is 0 Å². The van der Waals surface area contributed by atoms with Gasteiger partial charge in [-0.1, -0.05) is 19.1 Å². The van der Waals surface area contributed by atoms with Gasteiger partial charge < -0.3 is 4.42 Å². The Morgan fingerprint density at radius 3 is 2.33 bits per heavy atom. The van der Waals surface area contributed by atoms with Crippen molar-refractivity contribution in [1.29, 1.82) is 0 Å². The van der Waals surface area contributed by atoms with Gasteiger partial charge in [0, 0.05) is 47.3 Å². The largest absolute Gasteiger partial charge is 0.455 e. The third-order valence-electron chi connectivity index (χ3n) is 7.74. The number of rotatable bonds is 8. The average Bonchev–Trinajstić information content (AvgIpc) is 3.65. The molecule has 1 saturated carbocycles. The fourth-order valence-corrected chi connectivity index (χ4v) is 5.30. The van der Waals surface area contributed by atoms with Gasteiger partial charge in [-0.25, -0.2) is 18.7 Å². The SMILES string of the molecule is CCC(=O)c1c(-c2ccc(F)cc2)oc2ccc(-c3cc(C(=O)CC4(c5ncccn5)CC4)ccc3C)c(F)c12. The van der Waals surface area contributed by atoms with Crippen LogP contribution in [0.25, 0.3) is 33.4 Å². The lowest BCUT2D eigenvalue weighted by molar-refractivity contribution is 0.0965. The number of hydrogen-bond donors (Lipinski definition) is 0. The van der Waals surface area contributed by atoms with Crippen LogP contribution in [0.4, 0.5) is 8.78 Å². The van der Waals surface area contributed by atoms with Gasteiger partial charge in [-0.05, 0) is 79.4 Å². The number of nitrogens with zero attached hydrogens (tertiary/aromatic N) is 2. The van der Waals surface area contributed by atoms with Crippen molar-refractivity contribution >= 4 is 22.5 Å². The zero-order valence-electron chi connectivity index (χ0n) is 22.1. The van der Waals surface area contributed by atoms with Crippen LogP contribution in [0.1, 0.15) is 64.7 Å². The molecule has 40 heavy (non-hydrogen) atoms. The predicted octanol–water partition coefficient (Wildman–Crippen LogP) is 8.04. The first-order valence-corrected chi connectivity index (χ1v) is 13.3. The van der Waals surface area contributed by atoms with E-state index in [1.807, 2.05) is 13.0 Å². The molecule has 0 radical (unpaired) electrons. The minimum absolute atomic E-state index is 0.0588.